The standard InChI is InChI=1S/C16H21N5O2/c1-10-18-20(9-14(22)17-16(2)6-3-7-16)15(23)13-8-12(11-4-5-11)19-21(10)13/h8,11H,3-7,9H2,1-2H3,(H,17,22). The van der Waals surface area contributed by atoms with Crippen molar-refractivity contribution in [1.29, 1.82) is 0 Å². The second-order valence-electron chi connectivity index (χ2n) is 7.11. The fourth-order valence-corrected chi connectivity index (χ4v) is 3.22. The van der Waals surface area contributed by atoms with Crippen molar-refractivity contribution in [2.24, 2.45) is 0 Å². The largest absolute Gasteiger partial charge is 0.349 e. The topological polar surface area (TPSA) is 81.3 Å². The fraction of sp³-hybridized carbons (Fsp3) is 0.625. The number of amides is 1. The van der Waals surface area contributed by atoms with Crippen LogP contribution < -0.4 is 10.9 Å². The van der Waals surface area contributed by atoms with Crippen molar-refractivity contribution in [1.82, 2.24) is 24.7 Å². The lowest BCUT2D eigenvalue weighted by Gasteiger charge is -2.39. The fourth-order valence-electron chi connectivity index (χ4n) is 3.22. The van der Waals surface area contributed by atoms with Gasteiger partial charge in [-0.25, -0.2) is 9.20 Å². The first kappa shape index (κ1) is 14.4. The molecule has 0 radical (unpaired) electrons. The predicted molar refractivity (Wildman–Crippen MR) is 84.4 cm³/mol. The van der Waals surface area contributed by atoms with E-state index < -0.39 is 0 Å². The van der Waals surface area contributed by atoms with Gasteiger partial charge >= 0.3 is 0 Å². The Kier molecular flexibility index (Phi) is 3.08. The Morgan fingerprint density at radius 3 is 2.74 bits per heavy atom. The van der Waals surface area contributed by atoms with E-state index in [4.69, 9.17) is 0 Å². The molecular weight excluding hydrogens is 294 g/mol. The molecule has 2 aromatic heterocycles. The van der Waals surface area contributed by atoms with Crippen LogP contribution >= 0.6 is 0 Å². The number of aryl methyl sites for hydroxylation is 1. The lowest BCUT2D eigenvalue weighted by Crippen LogP contribution is -2.52. The molecule has 0 unspecified atom stereocenters. The van der Waals surface area contributed by atoms with Crippen LogP contribution in [0.5, 0.6) is 0 Å². The van der Waals surface area contributed by atoms with E-state index >= 15 is 0 Å². The summed E-state index contributed by atoms with van der Waals surface area (Å²) in [5, 5.41) is 11.7. The Hall–Kier alpha value is -2.18. The Morgan fingerprint density at radius 1 is 1.39 bits per heavy atom. The van der Waals surface area contributed by atoms with E-state index in [2.05, 4.69) is 15.5 Å². The van der Waals surface area contributed by atoms with Gasteiger partial charge in [0.25, 0.3) is 5.56 Å². The third-order valence-electron chi connectivity index (χ3n) is 4.94. The van der Waals surface area contributed by atoms with Gasteiger partial charge in [0.2, 0.25) is 5.91 Å². The van der Waals surface area contributed by atoms with Gasteiger partial charge in [0, 0.05) is 11.5 Å². The van der Waals surface area contributed by atoms with Crippen molar-refractivity contribution < 1.29 is 4.79 Å². The highest BCUT2D eigenvalue weighted by molar-refractivity contribution is 5.76. The van der Waals surface area contributed by atoms with Crippen LogP contribution in [0.1, 0.15) is 56.5 Å². The highest BCUT2D eigenvalue weighted by Gasteiger charge is 2.33. The molecule has 23 heavy (non-hydrogen) atoms. The molecule has 0 aliphatic heterocycles. The number of rotatable bonds is 4. The van der Waals surface area contributed by atoms with Gasteiger partial charge in [-0.05, 0) is 52.0 Å². The molecule has 1 N–H and O–H groups in total. The van der Waals surface area contributed by atoms with Crippen molar-refractivity contribution in [3.8, 4) is 0 Å². The van der Waals surface area contributed by atoms with Gasteiger partial charge in [0.15, 0.2) is 0 Å². The maximum Gasteiger partial charge on any atom is 0.293 e. The Bertz CT molecular complexity index is 842. The second-order valence-corrected chi connectivity index (χ2v) is 7.11. The minimum atomic E-state index is -0.260. The van der Waals surface area contributed by atoms with Crippen molar-refractivity contribution >= 4 is 11.4 Å². The Balaban J connectivity index is 1.63. The molecule has 0 atom stereocenters. The molecule has 4 rings (SSSR count). The van der Waals surface area contributed by atoms with Crippen molar-refractivity contribution in [2.45, 2.75) is 64.0 Å². The molecule has 2 aromatic rings. The van der Waals surface area contributed by atoms with Crippen LogP contribution in [0.4, 0.5) is 0 Å². The van der Waals surface area contributed by atoms with Crippen molar-refractivity contribution in [3.63, 3.8) is 0 Å². The van der Waals surface area contributed by atoms with Gasteiger partial charge < -0.3 is 5.32 Å². The Labute approximate surface area is 133 Å². The number of hydrogen-bond acceptors (Lipinski definition) is 4. The summed E-state index contributed by atoms with van der Waals surface area (Å²) < 4.78 is 2.85. The van der Waals surface area contributed by atoms with Crippen molar-refractivity contribution in [3.05, 3.63) is 27.9 Å². The summed E-state index contributed by atoms with van der Waals surface area (Å²) in [4.78, 5) is 24.8. The van der Waals surface area contributed by atoms with E-state index in [1.54, 1.807) is 11.4 Å². The molecule has 0 spiro atoms. The molecule has 2 aliphatic carbocycles. The summed E-state index contributed by atoms with van der Waals surface area (Å²) in [5.74, 6) is 0.936. The summed E-state index contributed by atoms with van der Waals surface area (Å²) in [6.45, 7) is 3.80. The molecule has 2 saturated carbocycles. The van der Waals surface area contributed by atoms with Crippen LogP contribution in [0, 0.1) is 6.92 Å². The first-order chi connectivity index (χ1) is 11.0. The minimum Gasteiger partial charge on any atom is -0.349 e. The van der Waals surface area contributed by atoms with E-state index in [1.165, 1.54) is 4.68 Å². The van der Waals surface area contributed by atoms with E-state index in [0.717, 1.165) is 37.8 Å². The molecule has 0 bridgehead atoms. The van der Waals surface area contributed by atoms with Crippen LogP contribution in [-0.4, -0.2) is 30.8 Å². The normalized spacial score (nSPS) is 19.6. The zero-order valence-corrected chi connectivity index (χ0v) is 13.5. The lowest BCUT2D eigenvalue weighted by atomic mass is 9.78. The molecular formula is C16H21N5O2. The van der Waals surface area contributed by atoms with Crippen LogP contribution in [0.2, 0.25) is 0 Å². The summed E-state index contributed by atoms with van der Waals surface area (Å²) in [6, 6.07) is 1.84. The van der Waals surface area contributed by atoms with Gasteiger partial charge in [-0.2, -0.15) is 10.2 Å². The van der Waals surface area contributed by atoms with Gasteiger partial charge in [0.1, 0.15) is 17.9 Å². The van der Waals surface area contributed by atoms with Crippen LogP contribution in [0.25, 0.3) is 5.52 Å². The predicted octanol–water partition coefficient (Wildman–Crippen LogP) is 1.14. The Morgan fingerprint density at radius 2 is 2.13 bits per heavy atom. The second kappa shape index (κ2) is 4.91. The zero-order valence-electron chi connectivity index (χ0n) is 13.5. The quantitative estimate of drug-likeness (QED) is 0.917. The highest BCUT2D eigenvalue weighted by atomic mass is 16.2. The number of carbonyl (C=O) groups excluding carboxylic acids is 1. The maximum absolute atomic E-state index is 12.6. The van der Waals surface area contributed by atoms with Crippen LogP contribution in [-0.2, 0) is 11.3 Å². The number of nitrogens with one attached hydrogen (secondary N) is 1. The number of hydrogen-bond donors (Lipinski definition) is 1. The molecule has 2 fully saturated rings. The van der Waals surface area contributed by atoms with Gasteiger partial charge in [-0.15, -0.1) is 0 Å². The third kappa shape index (κ3) is 2.54. The third-order valence-corrected chi connectivity index (χ3v) is 4.94. The zero-order chi connectivity index (χ0) is 16.2. The minimum absolute atomic E-state index is 0.0459. The highest BCUT2D eigenvalue weighted by Crippen LogP contribution is 2.39. The number of nitrogens with zero attached hydrogens (tertiary/aromatic N) is 4. The summed E-state index contributed by atoms with van der Waals surface area (Å²) >= 11 is 0. The lowest BCUT2D eigenvalue weighted by molar-refractivity contribution is -0.124. The molecule has 2 aliphatic rings. The molecule has 7 heteroatoms. The molecule has 0 saturated heterocycles. The first-order valence-electron chi connectivity index (χ1n) is 8.24. The maximum atomic E-state index is 12.6. The summed E-state index contributed by atoms with van der Waals surface area (Å²) in [5.41, 5.74) is 1.08. The van der Waals surface area contributed by atoms with Crippen LogP contribution in [0.15, 0.2) is 10.9 Å². The molecule has 7 nitrogen and oxygen atoms in total. The monoisotopic (exact) mass is 315 g/mol. The van der Waals surface area contributed by atoms with E-state index in [0.29, 0.717) is 17.3 Å². The SMILES string of the molecule is Cc1nn(CC(=O)NC2(C)CCC2)c(=O)c2cc(C3CC3)nn12. The molecule has 122 valence electrons. The average molecular weight is 315 g/mol. The number of carbonyl (C=O) groups is 1. The van der Waals surface area contributed by atoms with Gasteiger partial charge in [0.05, 0.1) is 5.69 Å². The number of fused-ring (bicyclic) bond motifs is 1. The molecule has 2 heterocycles. The van der Waals surface area contributed by atoms with Gasteiger partial charge in [-0.3, -0.25) is 9.59 Å². The first-order valence-corrected chi connectivity index (χ1v) is 8.24. The molecule has 0 aromatic carbocycles. The average Bonchev–Trinajstić information content (AvgIpc) is 3.21. The summed E-state index contributed by atoms with van der Waals surface area (Å²) in [7, 11) is 0. The van der Waals surface area contributed by atoms with E-state index in [1.807, 2.05) is 13.0 Å². The van der Waals surface area contributed by atoms with E-state index in [9.17, 15) is 9.59 Å². The summed E-state index contributed by atoms with van der Waals surface area (Å²) in [6.07, 6.45) is 5.38. The number of aromatic nitrogens is 4. The molecule has 1 amide bonds. The van der Waals surface area contributed by atoms with Gasteiger partial charge in [-0.1, -0.05) is 0 Å². The smallest absolute Gasteiger partial charge is 0.293 e. The van der Waals surface area contributed by atoms with Crippen molar-refractivity contribution in [2.75, 3.05) is 0 Å². The van der Waals surface area contributed by atoms with Crippen LogP contribution in [0.3, 0.4) is 0 Å². The van der Waals surface area contributed by atoms with E-state index in [-0.39, 0.29) is 23.6 Å².